The lowest BCUT2D eigenvalue weighted by Gasteiger charge is -2.32. The third-order valence-corrected chi connectivity index (χ3v) is 8.70. The fraction of sp³-hybridized carbons (Fsp3) is 0.355. The van der Waals surface area contributed by atoms with E-state index in [9.17, 15) is 18.0 Å². The lowest BCUT2D eigenvalue weighted by molar-refractivity contribution is -0.139. The molecule has 3 rings (SSSR count). The molecule has 0 bridgehead atoms. The second-order valence-corrected chi connectivity index (χ2v) is 11.7. The smallest absolute Gasteiger partial charge is 0.264 e. The van der Waals surface area contributed by atoms with Gasteiger partial charge in [0, 0.05) is 18.7 Å². The first-order chi connectivity index (χ1) is 19.5. The van der Waals surface area contributed by atoms with Gasteiger partial charge in [-0.25, -0.2) is 8.42 Å². The van der Waals surface area contributed by atoms with Gasteiger partial charge in [0.05, 0.1) is 24.8 Å². The monoisotopic (exact) mass is 581 g/mol. The summed E-state index contributed by atoms with van der Waals surface area (Å²) >= 11 is 0. The number of nitrogens with one attached hydrogen (secondary N) is 1. The van der Waals surface area contributed by atoms with Gasteiger partial charge in [-0.3, -0.25) is 13.9 Å². The molecule has 0 saturated heterocycles. The summed E-state index contributed by atoms with van der Waals surface area (Å²) in [6, 6.07) is 19.2. The maximum absolute atomic E-state index is 14.0. The van der Waals surface area contributed by atoms with Gasteiger partial charge < -0.3 is 19.7 Å². The quantitative estimate of drug-likeness (QED) is 0.318. The molecule has 0 saturated carbocycles. The van der Waals surface area contributed by atoms with Gasteiger partial charge in [-0.15, -0.1) is 0 Å². The normalized spacial score (nSPS) is 12.6. The van der Waals surface area contributed by atoms with Crippen molar-refractivity contribution in [3.8, 4) is 11.5 Å². The molecule has 0 heterocycles. The molecule has 0 aromatic heterocycles. The van der Waals surface area contributed by atoms with Gasteiger partial charge in [-0.1, -0.05) is 55.0 Å². The highest BCUT2D eigenvalue weighted by Crippen LogP contribution is 2.34. The first-order valence-electron chi connectivity index (χ1n) is 13.5. The van der Waals surface area contributed by atoms with Crippen LogP contribution in [0, 0.1) is 6.92 Å². The number of rotatable bonds is 13. The predicted octanol–water partition coefficient (Wildman–Crippen LogP) is 4.54. The van der Waals surface area contributed by atoms with Crippen LogP contribution in [0.1, 0.15) is 38.3 Å². The van der Waals surface area contributed by atoms with Crippen LogP contribution in [0.4, 0.5) is 5.69 Å². The maximum atomic E-state index is 14.0. The zero-order chi connectivity index (χ0) is 30.2. The highest BCUT2D eigenvalue weighted by Gasteiger charge is 2.33. The summed E-state index contributed by atoms with van der Waals surface area (Å²) in [4.78, 5) is 28.6. The molecule has 220 valence electrons. The molecule has 9 nitrogen and oxygen atoms in total. The fourth-order valence-electron chi connectivity index (χ4n) is 4.17. The number of methoxy groups -OCH3 is 2. The van der Waals surface area contributed by atoms with Crippen LogP contribution in [-0.2, 0) is 26.2 Å². The number of sulfonamides is 1. The van der Waals surface area contributed by atoms with Crippen LogP contribution < -0.4 is 19.1 Å². The van der Waals surface area contributed by atoms with E-state index in [1.807, 2.05) is 45.0 Å². The van der Waals surface area contributed by atoms with E-state index >= 15 is 0 Å². The zero-order valence-corrected chi connectivity index (χ0v) is 25.3. The number of ether oxygens (including phenoxy) is 2. The second kappa shape index (κ2) is 14.0. The van der Waals surface area contributed by atoms with E-state index in [1.54, 1.807) is 37.3 Å². The summed E-state index contributed by atoms with van der Waals surface area (Å²) in [6.45, 7) is 7.04. The van der Waals surface area contributed by atoms with E-state index in [2.05, 4.69) is 5.32 Å². The average molecular weight is 582 g/mol. The van der Waals surface area contributed by atoms with E-state index in [-0.39, 0.29) is 29.1 Å². The molecule has 10 heteroatoms. The molecular weight excluding hydrogens is 542 g/mol. The van der Waals surface area contributed by atoms with Gasteiger partial charge in [0.2, 0.25) is 11.8 Å². The van der Waals surface area contributed by atoms with Gasteiger partial charge >= 0.3 is 0 Å². The van der Waals surface area contributed by atoms with Crippen molar-refractivity contribution < 1.29 is 27.5 Å². The highest BCUT2D eigenvalue weighted by molar-refractivity contribution is 7.92. The van der Waals surface area contributed by atoms with E-state index in [0.717, 1.165) is 21.9 Å². The summed E-state index contributed by atoms with van der Waals surface area (Å²) in [5.41, 5.74) is 2.09. The minimum Gasteiger partial charge on any atom is -0.493 e. The fourth-order valence-corrected chi connectivity index (χ4v) is 5.59. The summed E-state index contributed by atoms with van der Waals surface area (Å²) in [7, 11) is -1.26. The third kappa shape index (κ3) is 7.79. The standard InChI is InChI=1S/C31H39N3O6S/c1-7-23(3)32-31(36)24(4)33(20-25-15-13-22(2)14-16-25)30(35)21-34(41(37,38)27-11-9-8-10-12-27)26-17-18-28(39-5)29(19-26)40-6/h8-19,23-24H,7,20-21H2,1-6H3,(H,32,36). The van der Waals surface area contributed by atoms with Crippen LogP contribution in [0.3, 0.4) is 0 Å². The minimum atomic E-state index is -4.19. The molecule has 0 aliphatic rings. The molecule has 0 spiro atoms. The highest BCUT2D eigenvalue weighted by atomic mass is 32.2. The topological polar surface area (TPSA) is 105 Å². The van der Waals surface area contributed by atoms with Crippen LogP contribution in [0.5, 0.6) is 11.5 Å². The van der Waals surface area contributed by atoms with E-state index in [0.29, 0.717) is 11.5 Å². The number of amides is 2. The van der Waals surface area contributed by atoms with Crippen molar-refractivity contribution in [2.75, 3.05) is 25.1 Å². The number of nitrogens with zero attached hydrogens (tertiary/aromatic N) is 2. The number of carbonyl (C=O) groups is 2. The van der Waals surface area contributed by atoms with Crippen LogP contribution in [0.15, 0.2) is 77.7 Å². The molecule has 41 heavy (non-hydrogen) atoms. The summed E-state index contributed by atoms with van der Waals surface area (Å²) in [5.74, 6) is -0.130. The molecular formula is C31H39N3O6S. The first kappa shape index (κ1) is 31.5. The van der Waals surface area contributed by atoms with Crippen molar-refractivity contribution in [1.82, 2.24) is 10.2 Å². The Labute approximate surface area is 243 Å². The van der Waals surface area contributed by atoms with Crippen LogP contribution in [0.2, 0.25) is 0 Å². The van der Waals surface area contributed by atoms with Crippen molar-refractivity contribution >= 4 is 27.5 Å². The van der Waals surface area contributed by atoms with Crippen molar-refractivity contribution in [2.24, 2.45) is 0 Å². The molecule has 0 radical (unpaired) electrons. The Bertz CT molecular complexity index is 1430. The number of benzene rings is 3. The lowest BCUT2D eigenvalue weighted by atomic mass is 10.1. The Balaban J connectivity index is 2.06. The molecule has 3 aromatic carbocycles. The average Bonchev–Trinajstić information content (AvgIpc) is 2.98. The summed E-state index contributed by atoms with van der Waals surface area (Å²) < 4.78 is 39.6. The van der Waals surface area contributed by atoms with E-state index in [1.165, 1.54) is 37.3 Å². The zero-order valence-electron chi connectivity index (χ0n) is 24.5. The number of aryl methyl sites for hydroxylation is 1. The third-order valence-electron chi connectivity index (χ3n) is 6.91. The SMILES string of the molecule is CCC(C)NC(=O)C(C)N(Cc1ccc(C)cc1)C(=O)CN(c1ccc(OC)c(OC)c1)S(=O)(=O)c1ccccc1. The minimum absolute atomic E-state index is 0.0234. The number of anilines is 1. The molecule has 0 aliphatic heterocycles. The molecule has 0 aliphatic carbocycles. The molecule has 3 aromatic rings. The van der Waals surface area contributed by atoms with Gasteiger partial charge in [0.1, 0.15) is 12.6 Å². The van der Waals surface area contributed by atoms with Crippen LogP contribution >= 0.6 is 0 Å². The molecule has 0 fully saturated rings. The van der Waals surface area contributed by atoms with Crippen LogP contribution in [0.25, 0.3) is 0 Å². The van der Waals surface area contributed by atoms with Crippen molar-refractivity contribution in [3.63, 3.8) is 0 Å². The Morgan fingerprint density at radius 2 is 1.54 bits per heavy atom. The number of hydrogen-bond acceptors (Lipinski definition) is 6. The molecule has 2 unspecified atom stereocenters. The van der Waals surface area contributed by atoms with Gasteiger partial charge in [-0.05, 0) is 57.0 Å². The Hall–Kier alpha value is -4.05. The molecule has 2 atom stereocenters. The second-order valence-electron chi connectivity index (χ2n) is 9.87. The molecule has 1 N–H and O–H groups in total. The van der Waals surface area contributed by atoms with E-state index in [4.69, 9.17) is 9.47 Å². The first-order valence-corrected chi connectivity index (χ1v) is 14.9. The Kier molecular flexibility index (Phi) is 10.8. The lowest BCUT2D eigenvalue weighted by Crippen LogP contribution is -2.52. The van der Waals surface area contributed by atoms with Gasteiger partial charge in [0.25, 0.3) is 10.0 Å². The van der Waals surface area contributed by atoms with Crippen molar-refractivity contribution in [3.05, 3.63) is 83.9 Å². The number of hydrogen-bond donors (Lipinski definition) is 1. The largest absolute Gasteiger partial charge is 0.493 e. The number of carbonyl (C=O) groups excluding carboxylic acids is 2. The van der Waals surface area contributed by atoms with Gasteiger partial charge in [-0.2, -0.15) is 0 Å². The maximum Gasteiger partial charge on any atom is 0.264 e. The van der Waals surface area contributed by atoms with Crippen LogP contribution in [-0.4, -0.2) is 58.0 Å². The van der Waals surface area contributed by atoms with Gasteiger partial charge in [0.15, 0.2) is 11.5 Å². The Morgan fingerprint density at radius 3 is 2.12 bits per heavy atom. The summed E-state index contributed by atoms with van der Waals surface area (Å²) in [6.07, 6.45) is 0.729. The summed E-state index contributed by atoms with van der Waals surface area (Å²) in [5, 5.41) is 2.93. The Morgan fingerprint density at radius 1 is 0.902 bits per heavy atom. The van der Waals surface area contributed by atoms with E-state index < -0.39 is 28.5 Å². The van der Waals surface area contributed by atoms with Crippen molar-refractivity contribution in [1.29, 1.82) is 0 Å². The molecule has 2 amide bonds. The predicted molar refractivity (Wildman–Crippen MR) is 160 cm³/mol. The van der Waals surface area contributed by atoms with Crippen molar-refractivity contribution in [2.45, 2.75) is 57.6 Å².